The lowest BCUT2D eigenvalue weighted by Crippen LogP contribution is -2.10. The number of hydrogen-bond donors (Lipinski definition) is 0. The SMILES string of the molecule is COc1cc(C=O)cc(OC)c1OCc1ccc(C(=O)OC(C)C)o1. The third-order valence-electron chi connectivity index (χ3n) is 3.18. The van der Waals surface area contributed by atoms with Crippen LogP contribution >= 0.6 is 0 Å². The lowest BCUT2D eigenvalue weighted by atomic mass is 10.2. The summed E-state index contributed by atoms with van der Waals surface area (Å²) < 4.78 is 26.7. The van der Waals surface area contributed by atoms with E-state index >= 15 is 0 Å². The van der Waals surface area contributed by atoms with Gasteiger partial charge in [-0.2, -0.15) is 0 Å². The number of carbonyl (C=O) groups excluding carboxylic acids is 2. The highest BCUT2D eigenvalue weighted by molar-refractivity contribution is 5.86. The molecule has 0 amide bonds. The van der Waals surface area contributed by atoms with Crippen LogP contribution in [-0.2, 0) is 11.3 Å². The maximum Gasteiger partial charge on any atom is 0.374 e. The van der Waals surface area contributed by atoms with Gasteiger partial charge in [-0.1, -0.05) is 0 Å². The summed E-state index contributed by atoms with van der Waals surface area (Å²) in [5, 5.41) is 0. The molecule has 7 nitrogen and oxygen atoms in total. The minimum Gasteiger partial charge on any atom is -0.493 e. The number of esters is 1. The topological polar surface area (TPSA) is 84.2 Å². The van der Waals surface area contributed by atoms with E-state index in [2.05, 4.69) is 0 Å². The predicted octanol–water partition coefficient (Wildman–Crippen LogP) is 3.25. The molecule has 0 fully saturated rings. The van der Waals surface area contributed by atoms with Gasteiger partial charge in [0.05, 0.1) is 20.3 Å². The number of rotatable bonds is 8. The summed E-state index contributed by atoms with van der Waals surface area (Å²) in [5.41, 5.74) is 0.401. The van der Waals surface area contributed by atoms with Crippen molar-refractivity contribution in [3.8, 4) is 17.2 Å². The van der Waals surface area contributed by atoms with E-state index in [-0.39, 0.29) is 18.5 Å². The molecular formula is C18H20O7. The van der Waals surface area contributed by atoms with Crippen LogP contribution in [-0.4, -0.2) is 32.6 Å². The van der Waals surface area contributed by atoms with Crippen LogP contribution in [0.2, 0.25) is 0 Å². The monoisotopic (exact) mass is 348 g/mol. The van der Waals surface area contributed by atoms with Gasteiger partial charge in [0.1, 0.15) is 18.7 Å². The van der Waals surface area contributed by atoms with Crippen molar-refractivity contribution < 1.29 is 33.0 Å². The van der Waals surface area contributed by atoms with E-state index in [0.29, 0.717) is 34.9 Å². The molecule has 0 saturated heterocycles. The summed E-state index contributed by atoms with van der Waals surface area (Å²) in [6, 6.07) is 6.22. The van der Waals surface area contributed by atoms with Crippen molar-refractivity contribution in [2.24, 2.45) is 0 Å². The summed E-state index contributed by atoms with van der Waals surface area (Å²) in [4.78, 5) is 22.7. The second-order valence-electron chi connectivity index (χ2n) is 5.38. The fourth-order valence-electron chi connectivity index (χ4n) is 2.09. The number of benzene rings is 1. The molecule has 1 aromatic carbocycles. The van der Waals surface area contributed by atoms with Crippen molar-refractivity contribution in [1.29, 1.82) is 0 Å². The third kappa shape index (κ3) is 4.53. The zero-order valence-corrected chi connectivity index (χ0v) is 14.5. The van der Waals surface area contributed by atoms with Crippen molar-refractivity contribution in [3.05, 3.63) is 41.3 Å². The van der Waals surface area contributed by atoms with E-state index in [1.54, 1.807) is 32.0 Å². The number of methoxy groups -OCH3 is 2. The third-order valence-corrected chi connectivity index (χ3v) is 3.18. The van der Waals surface area contributed by atoms with Gasteiger partial charge in [-0.15, -0.1) is 0 Å². The number of carbonyl (C=O) groups is 2. The molecular weight excluding hydrogens is 328 g/mol. The van der Waals surface area contributed by atoms with E-state index in [9.17, 15) is 9.59 Å². The van der Waals surface area contributed by atoms with Gasteiger partial charge in [0.25, 0.3) is 0 Å². The zero-order valence-electron chi connectivity index (χ0n) is 14.5. The van der Waals surface area contributed by atoms with Gasteiger partial charge in [-0.3, -0.25) is 4.79 Å². The Hall–Kier alpha value is -2.96. The molecule has 2 aromatic rings. The summed E-state index contributed by atoms with van der Waals surface area (Å²) >= 11 is 0. The Kier molecular flexibility index (Phi) is 6.05. The quantitative estimate of drug-likeness (QED) is 0.535. The Morgan fingerprint density at radius 2 is 1.80 bits per heavy atom. The Morgan fingerprint density at radius 1 is 1.16 bits per heavy atom. The molecule has 2 rings (SSSR count). The van der Waals surface area contributed by atoms with Gasteiger partial charge in [0, 0.05) is 5.56 Å². The van der Waals surface area contributed by atoms with Crippen LogP contribution in [0.25, 0.3) is 0 Å². The van der Waals surface area contributed by atoms with Crippen LogP contribution in [0.3, 0.4) is 0 Å². The normalized spacial score (nSPS) is 10.4. The predicted molar refractivity (Wildman–Crippen MR) is 88.5 cm³/mol. The Labute approximate surface area is 145 Å². The summed E-state index contributed by atoms with van der Waals surface area (Å²) in [6.07, 6.45) is 0.454. The van der Waals surface area contributed by atoms with Gasteiger partial charge in [-0.05, 0) is 38.1 Å². The van der Waals surface area contributed by atoms with E-state index < -0.39 is 5.97 Å². The smallest absolute Gasteiger partial charge is 0.374 e. The molecule has 1 heterocycles. The highest BCUT2D eigenvalue weighted by atomic mass is 16.6. The highest BCUT2D eigenvalue weighted by Crippen LogP contribution is 2.38. The second kappa shape index (κ2) is 8.23. The molecule has 0 bridgehead atoms. The molecule has 1 aromatic heterocycles. The van der Waals surface area contributed by atoms with Crippen LogP contribution in [0, 0.1) is 0 Å². The van der Waals surface area contributed by atoms with E-state index in [0.717, 1.165) is 0 Å². The molecule has 0 atom stereocenters. The van der Waals surface area contributed by atoms with Crippen LogP contribution in [0.5, 0.6) is 17.2 Å². The molecule has 0 spiro atoms. The summed E-state index contributed by atoms with van der Waals surface area (Å²) in [7, 11) is 2.92. The first-order valence-corrected chi connectivity index (χ1v) is 7.62. The molecule has 0 unspecified atom stereocenters. The van der Waals surface area contributed by atoms with E-state index in [1.165, 1.54) is 20.3 Å². The first kappa shape index (κ1) is 18.4. The number of furan rings is 1. The van der Waals surface area contributed by atoms with Gasteiger partial charge < -0.3 is 23.4 Å². The van der Waals surface area contributed by atoms with Crippen molar-refractivity contribution >= 4 is 12.3 Å². The Bertz CT molecular complexity index is 721. The number of ether oxygens (including phenoxy) is 4. The molecule has 0 aliphatic carbocycles. The fraction of sp³-hybridized carbons (Fsp3) is 0.333. The highest BCUT2D eigenvalue weighted by Gasteiger charge is 2.17. The molecule has 0 N–H and O–H groups in total. The van der Waals surface area contributed by atoms with Crippen LogP contribution in [0.15, 0.2) is 28.7 Å². The Morgan fingerprint density at radius 3 is 2.32 bits per heavy atom. The molecule has 25 heavy (non-hydrogen) atoms. The maximum absolute atomic E-state index is 11.8. The largest absolute Gasteiger partial charge is 0.493 e. The van der Waals surface area contributed by atoms with Crippen molar-refractivity contribution in [2.75, 3.05) is 14.2 Å². The average molecular weight is 348 g/mol. The van der Waals surface area contributed by atoms with Gasteiger partial charge in [0.15, 0.2) is 11.5 Å². The summed E-state index contributed by atoms with van der Waals surface area (Å²) in [5.74, 6) is 1.03. The lowest BCUT2D eigenvalue weighted by molar-refractivity contribution is 0.0337. The number of hydrogen-bond acceptors (Lipinski definition) is 7. The van der Waals surface area contributed by atoms with Crippen LogP contribution in [0.4, 0.5) is 0 Å². The van der Waals surface area contributed by atoms with E-state index in [4.69, 9.17) is 23.4 Å². The minimum atomic E-state index is -0.535. The van der Waals surface area contributed by atoms with Gasteiger partial charge >= 0.3 is 5.97 Å². The minimum absolute atomic E-state index is 0.0438. The lowest BCUT2D eigenvalue weighted by Gasteiger charge is -2.14. The second-order valence-corrected chi connectivity index (χ2v) is 5.38. The van der Waals surface area contributed by atoms with Gasteiger partial charge in [0.2, 0.25) is 11.5 Å². The van der Waals surface area contributed by atoms with Crippen molar-refractivity contribution in [3.63, 3.8) is 0 Å². The van der Waals surface area contributed by atoms with E-state index in [1.807, 2.05) is 0 Å². The standard InChI is InChI=1S/C18H20O7/c1-11(2)24-18(20)14-6-5-13(25-14)10-23-17-15(21-3)7-12(9-19)8-16(17)22-4/h5-9,11H,10H2,1-4H3. The molecule has 7 heteroatoms. The van der Waals surface area contributed by atoms with Crippen LogP contribution in [0.1, 0.15) is 40.5 Å². The molecule has 0 radical (unpaired) electrons. The summed E-state index contributed by atoms with van der Waals surface area (Å²) in [6.45, 7) is 3.56. The number of aldehydes is 1. The maximum atomic E-state index is 11.8. The first-order valence-electron chi connectivity index (χ1n) is 7.62. The van der Waals surface area contributed by atoms with Crippen molar-refractivity contribution in [1.82, 2.24) is 0 Å². The molecule has 134 valence electrons. The zero-order chi connectivity index (χ0) is 18.4. The molecule has 0 saturated carbocycles. The molecule has 0 aliphatic heterocycles. The average Bonchev–Trinajstić information content (AvgIpc) is 3.07. The Balaban J connectivity index is 2.15. The first-order chi connectivity index (χ1) is 12.0. The van der Waals surface area contributed by atoms with Crippen molar-refractivity contribution in [2.45, 2.75) is 26.6 Å². The molecule has 0 aliphatic rings. The van der Waals surface area contributed by atoms with Gasteiger partial charge in [-0.25, -0.2) is 4.79 Å². The van der Waals surface area contributed by atoms with Crippen LogP contribution < -0.4 is 14.2 Å². The fourth-order valence-corrected chi connectivity index (χ4v) is 2.09.